The third kappa shape index (κ3) is 2.39. The van der Waals surface area contributed by atoms with E-state index in [1.807, 2.05) is 26.0 Å². The van der Waals surface area contributed by atoms with Crippen molar-refractivity contribution in [1.29, 1.82) is 0 Å². The van der Waals surface area contributed by atoms with Crippen LogP contribution in [0.2, 0.25) is 0 Å². The van der Waals surface area contributed by atoms with Gasteiger partial charge in [-0.2, -0.15) is 0 Å². The first-order valence-electron chi connectivity index (χ1n) is 5.33. The number of nitrogens with two attached hydrogens (primary N) is 1. The Hall–Kier alpha value is -1.29. The minimum absolute atomic E-state index is 0.00815. The summed E-state index contributed by atoms with van der Waals surface area (Å²) in [6.07, 6.45) is 5.11. The molecule has 0 aromatic carbocycles. The monoisotopic (exact) mass is 209 g/mol. The van der Waals surface area contributed by atoms with Crippen LogP contribution in [0, 0.1) is 5.41 Å². The molecular weight excluding hydrogens is 190 g/mol. The van der Waals surface area contributed by atoms with Crippen LogP contribution in [0.15, 0.2) is 24.5 Å². The molecule has 84 valence electrons. The van der Waals surface area contributed by atoms with E-state index in [0.717, 1.165) is 12.8 Å². The van der Waals surface area contributed by atoms with E-state index in [-0.39, 0.29) is 5.91 Å². The van der Waals surface area contributed by atoms with E-state index in [9.17, 15) is 4.79 Å². The van der Waals surface area contributed by atoms with Crippen LogP contribution < -0.4 is 11.2 Å². The highest BCUT2D eigenvalue weighted by Gasteiger charge is 2.33. The number of carbonyl (C=O) groups excluding carboxylic acids is 1. The maximum atomic E-state index is 12.0. The second-order valence-corrected chi connectivity index (χ2v) is 3.72. The van der Waals surface area contributed by atoms with Gasteiger partial charge in [0.15, 0.2) is 0 Å². The lowest BCUT2D eigenvalue weighted by Crippen LogP contribution is -2.43. The Kier molecular flexibility index (Phi) is 3.91. The van der Waals surface area contributed by atoms with Crippen molar-refractivity contribution in [3.63, 3.8) is 0 Å². The Balaban J connectivity index is 2.73. The molecule has 0 atom stereocenters. The van der Waals surface area contributed by atoms with Gasteiger partial charge in [-0.3, -0.25) is 14.9 Å². The molecule has 15 heavy (non-hydrogen) atoms. The van der Waals surface area contributed by atoms with Gasteiger partial charge in [-0.15, -0.1) is 0 Å². The van der Waals surface area contributed by atoms with Crippen molar-refractivity contribution in [2.24, 2.45) is 11.1 Å². The Morgan fingerprint density at radius 1 is 1.33 bits per heavy atom. The van der Waals surface area contributed by atoms with Gasteiger partial charge in [-0.1, -0.05) is 13.8 Å². The highest BCUT2D eigenvalue weighted by atomic mass is 16.2. The van der Waals surface area contributed by atoms with Crippen molar-refractivity contribution >= 4 is 5.91 Å². The largest absolute Gasteiger partial charge is 0.329 e. The van der Waals surface area contributed by atoms with Gasteiger partial charge in [-0.05, 0) is 25.0 Å². The Bertz CT molecular complexity index is 293. The van der Waals surface area contributed by atoms with E-state index in [0.29, 0.717) is 6.54 Å². The van der Waals surface area contributed by atoms with Gasteiger partial charge in [-0.25, -0.2) is 0 Å². The molecule has 4 heteroatoms. The van der Waals surface area contributed by atoms with Gasteiger partial charge < -0.3 is 5.73 Å². The highest BCUT2D eigenvalue weighted by Crippen LogP contribution is 2.25. The molecule has 0 aliphatic rings. The number of carbonyl (C=O) groups is 1. The Morgan fingerprint density at radius 2 is 1.87 bits per heavy atom. The molecule has 1 amide bonds. The molecule has 1 aromatic rings. The summed E-state index contributed by atoms with van der Waals surface area (Å²) in [5.74, 6) is -0.00815. The number of hydrogen-bond donors (Lipinski definition) is 2. The SMILES string of the molecule is CCC(CC)(CN)C(=O)Nn1cccc1. The molecule has 4 nitrogen and oxygen atoms in total. The summed E-state index contributed by atoms with van der Waals surface area (Å²) in [7, 11) is 0. The van der Waals surface area contributed by atoms with Gasteiger partial charge in [0.2, 0.25) is 5.91 Å². The average molecular weight is 209 g/mol. The van der Waals surface area contributed by atoms with E-state index in [4.69, 9.17) is 5.73 Å². The number of nitrogens with one attached hydrogen (secondary N) is 1. The van der Waals surface area contributed by atoms with Crippen LogP contribution in [0.1, 0.15) is 26.7 Å². The van der Waals surface area contributed by atoms with Gasteiger partial charge in [0.1, 0.15) is 0 Å². The first kappa shape index (κ1) is 11.8. The molecule has 0 bridgehead atoms. The normalized spacial score (nSPS) is 11.4. The molecule has 0 aliphatic heterocycles. The topological polar surface area (TPSA) is 60.1 Å². The summed E-state index contributed by atoms with van der Waals surface area (Å²) >= 11 is 0. The first-order chi connectivity index (χ1) is 7.18. The summed E-state index contributed by atoms with van der Waals surface area (Å²) < 4.78 is 1.65. The molecule has 0 spiro atoms. The molecule has 0 saturated heterocycles. The molecule has 1 heterocycles. The number of rotatable bonds is 5. The summed E-state index contributed by atoms with van der Waals surface area (Å²) in [5.41, 5.74) is 8.06. The molecule has 1 rings (SSSR count). The van der Waals surface area contributed by atoms with Crippen molar-refractivity contribution in [2.75, 3.05) is 12.0 Å². The molecular formula is C11H19N3O. The number of hydrogen-bond acceptors (Lipinski definition) is 2. The van der Waals surface area contributed by atoms with Gasteiger partial charge in [0.05, 0.1) is 5.41 Å². The number of amides is 1. The number of nitrogens with zero attached hydrogens (tertiary/aromatic N) is 1. The minimum atomic E-state index is -0.440. The summed E-state index contributed by atoms with van der Waals surface area (Å²) in [5, 5.41) is 0. The van der Waals surface area contributed by atoms with E-state index in [1.54, 1.807) is 17.1 Å². The third-order valence-corrected chi connectivity index (χ3v) is 3.06. The second kappa shape index (κ2) is 4.98. The van der Waals surface area contributed by atoms with E-state index in [2.05, 4.69) is 5.43 Å². The van der Waals surface area contributed by atoms with Gasteiger partial charge in [0, 0.05) is 18.9 Å². The lowest BCUT2D eigenvalue weighted by Gasteiger charge is -2.28. The highest BCUT2D eigenvalue weighted by molar-refractivity contribution is 5.89. The lowest BCUT2D eigenvalue weighted by molar-refractivity contribution is -0.126. The van der Waals surface area contributed by atoms with Gasteiger partial charge >= 0.3 is 0 Å². The zero-order valence-corrected chi connectivity index (χ0v) is 9.36. The van der Waals surface area contributed by atoms with Crippen LogP contribution in [0.4, 0.5) is 0 Å². The maximum Gasteiger partial charge on any atom is 0.246 e. The Labute approximate surface area is 90.4 Å². The molecule has 0 unspecified atom stereocenters. The predicted octanol–water partition coefficient (Wildman–Crippen LogP) is 1.32. The van der Waals surface area contributed by atoms with Crippen molar-refractivity contribution < 1.29 is 4.79 Å². The maximum absolute atomic E-state index is 12.0. The molecule has 3 N–H and O–H groups in total. The van der Waals surface area contributed by atoms with Crippen LogP contribution in [0.25, 0.3) is 0 Å². The fraction of sp³-hybridized carbons (Fsp3) is 0.545. The van der Waals surface area contributed by atoms with E-state index < -0.39 is 5.41 Å². The molecule has 1 aromatic heterocycles. The number of aromatic nitrogens is 1. The fourth-order valence-corrected chi connectivity index (χ4v) is 1.60. The fourth-order valence-electron chi connectivity index (χ4n) is 1.60. The van der Waals surface area contributed by atoms with Crippen LogP contribution in [-0.2, 0) is 4.79 Å². The molecule has 0 radical (unpaired) electrons. The predicted molar refractivity (Wildman–Crippen MR) is 60.9 cm³/mol. The Morgan fingerprint density at radius 3 is 2.27 bits per heavy atom. The van der Waals surface area contributed by atoms with E-state index >= 15 is 0 Å². The van der Waals surface area contributed by atoms with Crippen LogP contribution in [-0.4, -0.2) is 17.1 Å². The average Bonchev–Trinajstić information content (AvgIpc) is 2.74. The van der Waals surface area contributed by atoms with Crippen LogP contribution in [0.3, 0.4) is 0 Å². The second-order valence-electron chi connectivity index (χ2n) is 3.72. The first-order valence-corrected chi connectivity index (χ1v) is 5.33. The summed E-state index contributed by atoms with van der Waals surface area (Å²) in [6.45, 7) is 4.37. The van der Waals surface area contributed by atoms with Crippen LogP contribution >= 0.6 is 0 Å². The van der Waals surface area contributed by atoms with Crippen molar-refractivity contribution in [1.82, 2.24) is 4.68 Å². The zero-order chi connectivity index (χ0) is 11.3. The summed E-state index contributed by atoms with van der Waals surface area (Å²) in [4.78, 5) is 12.0. The smallest absolute Gasteiger partial charge is 0.246 e. The molecule has 0 aliphatic carbocycles. The lowest BCUT2D eigenvalue weighted by atomic mass is 9.82. The minimum Gasteiger partial charge on any atom is -0.329 e. The standard InChI is InChI=1S/C11H19N3O/c1-3-11(4-2,9-12)10(15)13-14-7-5-6-8-14/h5-8H,3-4,9,12H2,1-2H3,(H,13,15). The van der Waals surface area contributed by atoms with Gasteiger partial charge in [0.25, 0.3) is 0 Å². The van der Waals surface area contributed by atoms with Crippen LogP contribution in [0.5, 0.6) is 0 Å². The summed E-state index contributed by atoms with van der Waals surface area (Å²) in [6, 6.07) is 3.73. The van der Waals surface area contributed by atoms with Crippen molar-refractivity contribution in [3.8, 4) is 0 Å². The zero-order valence-electron chi connectivity index (χ0n) is 9.36. The van der Waals surface area contributed by atoms with Crippen molar-refractivity contribution in [2.45, 2.75) is 26.7 Å². The van der Waals surface area contributed by atoms with E-state index in [1.165, 1.54) is 0 Å². The van der Waals surface area contributed by atoms with Crippen molar-refractivity contribution in [3.05, 3.63) is 24.5 Å². The molecule has 0 saturated carbocycles. The molecule has 0 fully saturated rings. The third-order valence-electron chi connectivity index (χ3n) is 3.06. The quantitative estimate of drug-likeness (QED) is 0.768.